The first-order chi connectivity index (χ1) is 8.50. The van der Waals surface area contributed by atoms with Crippen LogP contribution in [0.25, 0.3) is 0 Å². The fourth-order valence-electron chi connectivity index (χ4n) is 2.62. The number of hydrogen-bond acceptors (Lipinski definition) is 3. The Kier molecular flexibility index (Phi) is 4.07. The van der Waals surface area contributed by atoms with Crippen LogP contribution in [0.2, 0.25) is 0 Å². The highest BCUT2D eigenvalue weighted by atomic mass is 16.5. The van der Waals surface area contributed by atoms with E-state index in [1.807, 2.05) is 11.7 Å². The van der Waals surface area contributed by atoms with Crippen LogP contribution in [0.1, 0.15) is 44.9 Å². The largest absolute Gasteiger partial charge is 0.371 e. The molecule has 18 heavy (non-hydrogen) atoms. The first-order valence-electron chi connectivity index (χ1n) is 6.90. The molecule has 0 aromatic carbocycles. The third-order valence-corrected chi connectivity index (χ3v) is 3.57. The van der Waals surface area contributed by atoms with E-state index in [-0.39, 0.29) is 5.60 Å². The molecular weight excluding hydrogens is 226 g/mol. The lowest BCUT2D eigenvalue weighted by Gasteiger charge is -2.19. The van der Waals surface area contributed by atoms with Crippen LogP contribution in [0, 0.1) is 0 Å². The van der Waals surface area contributed by atoms with Crippen molar-refractivity contribution in [3.63, 3.8) is 0 Å². The van der Waals surface area contributed by atoms with E-state index in [0.29, 0.717) is 6.10 Å². The van der Waals surface area contributed by atoms with Crippen LogP contribution in [0.3, 0.4) is 0 Å². The summed E-state index contributed by atoms with van der Waals surface area (Å²) in [6, 6.07) is 0. The van der Waals surface area contributed by atoms with Crippen molar-refractivity contribution in [3.05, 3.63) is 17.5 Å². The summed E-state index contributed by atoms with van der Waals surface area (Å²) in [7, 11) is 1.98. The number of nitrogens with zero attached hydrogens (tertiary/aromatic N) is 2. The molecule has 1 atom stereocenters. The van der Waals surface area contributed by atoms with Crippen molar-refractivity contribution in [2.45, 2.75) is 58.3 Å². The molecule has 102 valence electrons. The van der Waals surface area contributed by atoms with Crippen molar-refractivity contribution in [2.75, 3.05) is 6.54 Å². The molecule has 0 saturated carbocycles. The molecule has 1 aliphatic heterocycles. The Morgan fingerprint density at radius 1 is 1.56 bits per heavy atom. The van der Waals surface area contributed by atoms with Gasteiger partial charge in [-0.1, -0.05) is 6.92 Å². The molecule has 4 nitrogen and oxygen atoms in total. The Bertz CT molecular complexity index is 398. The predicted molar refractivity (Wildman–Crippen MR) is 72.5 cm³/mol. The summed E-state index contributed by atoms with van der Waals surface area (Å²) < 4.78 is 7.86. The van der Waals surface area contributed by atoms with Gasteiger partial charge in [0.05, 0.1) is 17.4 Å². The number of aromatic nitrogens is 2. The first kappa shape index (κ1) is 13.6. The van der Waals surface area contributed by atoms with Crippen molar-refractivity contribution in [3.8, 4) is 0 Å². The van der Waals surface area contributed by atoms with Gasteiger partial charge in [0.1, 0.15) is 0 Å². The zero-order valence-electron chi connectivity index (χ0n) is 12.0. The summed E-state index contributed by atoms with van der Waals surface area (Å²) >= 11 is 0. The van der Waals surface area contributed by atoms with Gasteiger partial charge in [-0.2, -0.15) is 5.10 Å². The lowest BCUT2D eigenvalue weighted by Crippen LogP contribution is -2.29. The molecule has 0 radical (unpaired) electrons. The molecule has 2 heterocycles. The number of aryl methyl sites for hydroxylation is 2. The molecule has 0 aliphatic carbocycles. The molecule has 0 amide bonds. The second-order valence-electron chi connectivity index (χ2n) is 5.80. The van der Waals surface area contributed by atoms with E-state index < -0.39 is 0 Å². The normalized spacial score (nSPS) is 22.6. The van der Waals surface area contributed by atoms with Gasteiger partial charge in [0.25, 0.3) is 0 Å². The van der Waals surface area contributed by atoms with Crippen LogP contribution in [-0.4, -0.2) is 28.0 Å². The van der Waals surface area contributed by atoms with Crippen LogP contribution in [-0.2, 0) is 24.8 Å². The minimum Gasteiger partial charge on any atom is -0.371 e. The average Bonchev–Trinajstić information content (AvgIpc) is 2.82. The number of hydrogen-bond donors (Lipinski definition) is 1. The Hall–Kier alpha value is -0.870. The molecule has 1 fully saturated rings. The fraction of sp³-hybridized carbons (Fsp3) is 0.786. The Labute approximate surface area is 110 Å². The maximum absolute atomic E-state index is 5.97. The molecule has 2 rings (SSSR count). The van der Waals surface area contributed by atoms with E-state index in [1.165, 1.54) is 11.3 Å². The molecule has 0 bridgehead atoms. The van der Waals surface area contributed by atoms with E-state index >= 15 is 0 Å². The fourth-order valence-corrected chi connectivity index (χ4v) is 2.62. The van der Waals surface area contributed by atoms with E-state index in [4.69, 9.17) is 4.74 Å². The van der Waals surface area contributed by atoms with Gasteiger partial charge in [0.15, 0.2) is 0 Å². The zero-order chi connectivity index (χ0) is 13.2. The zero-order valence-corrected chi connectivity index (χ0v) is 12.0. The lowest BCUT2D eigenvalue weighted by molar-refractivity contribution is -0.0143. The monoisotopic (exact) mass is 251 g/mol. The van der Waals surface area contributed by atoms with Crippen molar-refractivity contribution in [1.29, 1.82) is 0 Å². The van der Waals surface area contributed by atoms with Gasteiger partial charge < -0.3 is 10.1 Å². The number of ether oxygens (including phenoxy) is 1. The van der Waals surface area contributed by atoms with E-state index in [0.717, 1.165) is 32.4 Å². The Balaban J connectivity index is 1.78. The average molecular weight is 251 g/mol. The maximum atomic E-state index is 5.97. The van der Waals surface area contributed by atoms with Gasteiger partial charge in [-0.25, -0.2) is 0 Å². The maximum Gasteiger partial charge on any atom is 0.0707 e. The lowest BCUT2D eigenvalue weighted by atomic mass is 10.1. The van der Waals surface area contributed by atoms with Crippen LogP contribution >= 0.6 is 0 Å². The number of rotatable bonds is 5. The number of nitrogens with one attached hydrogen (secondary N) is 1. The standard InChI is InChI=1S/C14H25N3O/c1-5-13-11(10-17(4)16-13)8-15-9-12-6-7-14(2,3)18-12/h10,12,15H,5-9H2,1-4H3. The molecule has 1 aromatic rings. The molecular formula is C14H25N3O. The molecule has 1 aliphatic rings. The first-order valence-corrected chi connectivity index (χ1v) is 6.90. The highest BCUT2D eigenvalue weighted by molar-refractivity contribution is 5.16. The quantitative estimate of drug-likeness (QED) is 0.870. The second kappa shape index (κ2) is 5.41. The minimum absolute atomic E-state index is 0.0647. The summed E-state index contributed by atoms with van der Waals surface area (Å²) in [4.78, 5) is 0. The predicted octanol–water partition coefficient (Wildman–Crippen LogP) is 2.03. The van der Waals surface area contributed by atoms with Gasteiger partial charge >= 0.3 is 0 Å². The molecule has 4 heteroatoms. The third-order valence-electron chi connectivity index (χ3n) is 3.57. The minimum atomic E-state index is 0.0647. The van der Waals surface area contributed by atoms with Gasteiger partial charge in [-0.3, -0.25) is 4.68 Å². The van der Waals surface area contributed by atoms with Crippen molar-refractivity contribution in [2.24, 2.45) is 7.05 Å². The van der Waals surface area contributed by atoms with E-state index in [9.17, 15) is 0 Å². The van der Waals surface area contributed by atoms with Crippen LogP contribution in [0.5, 0.6) is 0 Å². The Morgan fingerprint density at radius 2 is 2.33 bits per heavy atom. The molecule has 1 aromatic heterocycles. The van der Waals surface area contributed by atoms with E-state index in [1.54, 1.807) is 0 Å². The van der Waals surface area contributed by atoms with Gasteiger partial charge in [-0.15, -0.1) is 0 Å². The summed E-state index contributed by atoms with van der Waals surface area (Å²) in [5.74, 6) is 0. The highest BCUT2D eigenvalue weighted by Crippen LogP contribution is 2.28. The smallest absolute Gasteiger partial charge is 0.0707 e. The molecule has 1 unspecified atom stereocenters. The van der Waals surface area contributed by atoms with Gasteiger partial charge in [0.2, 0.25) is 0 Å². The van der Waals surface area contributed by atoms with Gasteiger partial charge in [0, 0.05) is 31.9 Å². The molecule has 1 N–H and O–H groups in total. The summed E-state index contributed by atoms with van der Waals surface area (Å²) in [5.41, 5.74) is 2.56. The molecule has 0 spiro atoms. The van der Waals surface area contributed by atoms with Gasteiger partial charge in [-0.05, 0) is 33.1 Å². The topological polar surface area (TPSA) is 39.1 Å². The SMILES string of the molecule is CCc1nn(C)cc1CNCC1CCC(C)(C)O1. The van der Waals surface area contributed by atoms with Crippen LogP contribution in [0.15, 0.2) is 6.20 Å². The van der Waals surface area contributed by atoms with Crippen molar-refractivity contribution >= 4 is 0 Å². The third kappa shape index (κ3) is 3.33. The molecule has 1 saturated heterocycles. The Morgan fingerprint density at radius 3 is 2.94 bits per heavy atom. The van der Waals surface area contributed by atoms with Crippen molar-refractivity contribution < 1.29 is 4.74 Å². The van der Waals surface area contributed by atoms with Crippen LogP contribution < -0.4 is 5.32 Å². The van der Waals surface area contributed by atoms with Crippen LogP contribution in [0.4, 0.5) is 0 Å². The summed E-state index contributed by atoms with van der Waals surface area (Å²) in [5, 5.41) is 7.94. The second-order valence-corrected chi connectivity index (χ2v) is 5.80. The highest BCUT2D eigenvalue weighted by Gasteiger charge is 2.31. The van der Waals surface area contributed by atoms with E-state index in [2.05, 4.69) is 37.4 Å². The van der Waals surface area contributed by atoms with Crippen molar-refractivity contribution in [1.82, 2.24) is 15.1 Å². The summed E-state index contributed by atoms with van der Waals surface area (Å²) in [6.07, 6.45) is 5.78. The summed E-state index contributed by atoms with van der Waals surface area (Å²) in [6.45, 7) is 8.31.